The van der Waals surface area contributed by atoms with Crippen LogP contribution in [0.5, 0.6) is 0 Å². The first-order valence-corrected chi connectivity index (χ1v) is 22.0. The molecule has 0 saturated carbocycles. The first kappa shape index (κ1) is 34.5. The maximum Gasteiger partial charge on any atom is 0.165 e. The zero-order chi connectivity index (χ0) is 41.2. The van der Waals surface area contributed by atoms with Crippen molar-refractivity contribution in [3.05, 3.63) is 194 Å². The van der Waals surface area contributed by atoms with E-state index in [1.54, 1.807) is 11.3 Å². The Balaban J connectivity index is 1.06. The zero-order valence-electron chi connectivity index (χ0n) is 33.6. The van der Waals surface area contributed by atoms with Gasteiger partial charge in [-0.05, 0) is 93.0 Å². The molecule has 0 fully saturated rings. The maximum atomic E-state index is 6.73. The lowest BCUT2D eigenvalue weighted by atomic mass is 9.97. The van der Waals surface area contributed by atoms with Crippen LogP contribution in [0.15, 0.2) is 199 Å². The van der Waals surface area contributed by atoms with Gasteiger partial charge in [-0.3, -0.25) is 0 Å². The molecule has 0 atom stereocenters. The van der Waals surface area contributed by atoms with E-state index in [0.717, 1.165) is 76.2 Å². The van der Waals surface area contributed by atoms with Crippen LogP contribution < -0.4 is 0 Å². The highest BCUT2D eigenvalue weighted by molar-refractivity contribution is 7.26. The molecule has 0 bridgehead atoms. The third-order valence-corrected chi connectivity index (χ3v) is 14.0. The van der Waals surface area contributed by atoms with Gasteiger partial charge in [0.25, 0.3) is 0 Å². The predicted molar refractivity (Wildman–Crippen MR) is 263 cm³/mol. The number of hydrogen-bond acceptors (Lipinski definition) is 5. The molecule has 14 rings (SSSR count). The molecule has 0 spiro atoms. The van der Waals surface area contributed by atoms with Gasteiger partial charge >= 0.3 is 0 Å². The fourth-order valence-corrected chi connectivity index (χ4v) is 11.1. The molecule has 0 N–H and O–H groups in total. The number of para-hydroxylation sites is 2. The first-order valence-electron chi connectivity index (χ1n) is 21.2. The summed E-state index contributed by atoms with van der Waals surface area (Å²) in [4.78, 5) is 16.1. The van der Waals surface area contributed by atoms with Gasteiger partial charge in [0.05, 0.1) is 11.0 Å². The number of thiophene rings is 1. The second-order valence-electron chi connectivity index (χ2n) is 16.3. The van der Waals surface area contributed by atoms with Crippen LogP contribution in [0.25, 0.3) is 136 Å². The van der Waals surface area contributed by atoms with Crippen molar-refractivity contribution in [1.29, 1.82) is 0 Å². The van der Waals surface area contributed by atoms with E-state index in [0.29, 0.717) is 17.5 Å². The summed E-state index contributed by atoms with van der Waals surface area (Å²) in [5, 5.41) is 13.8. The number of benzene rings is 10. The van der Waals surface area contributed by atoms with Crippen molar-refractivity contribution in [1.82, 2.24) is 19.5 Å². The van der Waals surface area contributed by atoms with E-state index < -0.39 is 0 Å². The number of rotatable bonds is 4. The molecule has 63 heavy (non-hydrogen) atoms. The van der Waals surface area contributed by atoms with Gasteiger partial charge in [-0.1, -0.05) is 133 Å². The minimum Gasteiger partial charge on any atom is -0.456 e. The minimum atomic E-state index is 0.588. The second kappa shape index (κ2) is 13.2. The van der Waals surface area contributed by atoms with Crippen LogP contribution in [0.2, 0.25) is 0 Å². The summed E-state index contributed by atoms with van der Waals surface area (Å²) >= 11 is 1.78. The van der Waals surface area contributed by atoms with Crippen LogP contribution in [0.3, 0.4) is 0 Å². The fraction of sp³-hybridized carbons (Fsp3) is 0. The Labute approximate surface area is 363 Å². The molecule has 6 heteroatoms. The predicted octanol–water partition coefficient (Wildman–Crippen LogP) is 15.7. The highest BCUT2D eigenvalue weighted by Gasteiger charge is 2.22. The van der Waals surface area contributed by atoms with Gasteiger partial charge in [-0.2, -0.15) is 0 Å². The van der Waals surface area contributed by atoms with Crippen LogP contribution in [-0.2, 0) is 0 Å². The van der Waals surface area contributed by atoms with Crippen LogP contribution in [-0.4, -0.2) is 19.5 Å². The average Bonchev–Trinajstić information content (AvgIpc) is 4.02. The Kier molecular flexibility index (Phi) is 7.21. The van der Waals surface area contributed by atoms with Crippen molar-refractivity contribution in [3.8, 4) is 39.9 Å². The van der Waals surface area contributed by atoms with E-state index in [2.05, 4.69) is 187 Å². The van der Waals surface area contributed by atoms with Gasteiger partial charge in [0, 0.05) is 64.1 Å². The summed E-state index contributed by atoms with van der Waals surface area (Å²) in [5.41, 5.74) is 7.80. The number of aromatic nitrogens is 4. The standard InChI is InChI=1S/C57H32N4OS/c1-2-13-34-28-37(25-24-33(34)12-1)55-58-56(44-20-11-19-42-41-17-7-10-23-52(41)63-54(42)44)60-57(59-55)47-32-51-53(43-18-6-9-22-50(43)62-51)46-31-38(26-27-39(46)47)61-48-21-8-5-16-40(48)45-29-35-14-3-4-15-36(35)30-49(45)61/h1-32H. The second-order valence-corrected chi connectivity index (χ2v) is 17.4. The molecule has 0 amide bonds. The Hall–Kier alpha value is -8.19. The van der Waals surface area contributed by atoms with Crippen LogP contribution >= 0.6 is 11.3 Å². The molecule has 4 aromatic heterocycles. The lowest BCUT2D eigenvalue weighted by Crippen LogP contribution is -2.01. The summed E-state index contributed by atoms with van der Waals surface area (Å²) in [6.45, 7) is 0. The van der Waals surface area contributed by atoms with Gasteiger partial charge in [0.2, 0.25) is 0 Å². The topological polar surface area (TPSA) is 56.7 Å². The highest BCUT2D eigenvalue weighted by atomic mass is 32.1. The van der Waals surface area contributed by atoms with Crippen LogP contribution in [0.1, 0.15) is 0 Å². The van der Waals surface area contributed by atoms with Crippen molar-refractivity contribution >= 4 is 108 Å². The van der Waals surface area contributed by atoms with Gasteiger partial charge in [-0.15, -0.1) is 11.3 Å². The minimum absolute atomic E-state index is 0.588. The number of nitrogens with zero attached hydrogens (tertiary/aromatic N) is 4. The van der Waals surface area contributed by atoms with Crippen molar-refractivity contribution in [2.24, 2.45) is 0 Å². The summed E-state index contributed by atoms with van der Waals surface area (Å²) in [6.07, 6.45) is 0. The van der Waals surface area contributed by atoms with Crippen molar-refractivity contribution < 1.29 is 4.42 Å². The van der Waals surface area contributed by atoms with Crippen molar-refractivity contribution in [2.45, 2.75) is 0 Å². The van der Waals surface area contributed by atoms with E-state index in [4.69, 9.17) is 19.4 Å². The Bertz CT molecular complexity index is 4230. The summed E-state index contributed by atoms with van der Waals surface area (Å²) in [7, 11) is 0. The molecule has 0 radical (unpaired) electrons. The quantitative estimate of drug-likeness (QED) is 0.177. The largest absolute Gasteiger partial charge is 0.456 e. The number of hydrogen-bond donors (Lipinski definition) is 0. The molecule has 292 valence electrons. The molecule has 14 aromatic rings. The summed E-state index contributed by atoms with van der Waals surface area (Å²) < 4.78 is 11.5. The SMILES string of the molecule is c1ccc2cc(-c3nc(-c4cc5oc6ccccc6c5c5cc(-n6c7ccccc7c7cc8ccccc8cc76)ccc45)nc(-c4cccc5c4sc4ccccc45)n3)ccc2c1. The first-order chi connectivity index (χ1) is 31.2. The average molecular weight is 821 g/mol. The number of fused-ring (bicyclic) bond motifs is 13. The smallest absolute Gasteiger partial charge is 0.165 e. The van der Waals surface area contributed by atoms with Gasteiger partial charge in [0.1, 0.15) is 11.2 Å². The van der Waals surface area contributed by atoms with Gasteiger partial charge < -0.3 is 8.98 Å². The van der Waals surface area contributed by atoms with E-state index in [1.807, 2.05) is 12.1 Å². The van der Waals surface area contributed by atoms with Gasteiger partial charge in [-0.25, -0.2) is 15.0 Å². The molecule has 0 aliphatic heterocycles. The molecule has 0 aliphatic rings. The molecule has 5 nitrogen and oxygen atoms in total. The van der Waals surface area contributed by atoms with Gasteiger partial charge in [0.15, 0.2) is 17.5 Å². The monoisotopic (exact) mass is 820 g/mol. The molecule has 10 aromatic carbocycles. The molecular weight excluding hydrogens is 789 g/mol. The molecule has 4 heterocycles. The third-order valence-electron chi connectivity index (χ3n) is 12.8. The Morgan fingerprint density at radius 3 is 1.94 bits per heavy atom. The Morgan fingerprint density at radius 2 is 1.06 bits per heavy atom. The van der Waals surface area contributed by atoms with E-state index in [1.165, 1.54) is 42.4 Å². The fourth-order valence-electron chi connectivity index (χ4n) is 9.88. The van der Waals surface area contributed by atoms with Crippen molar-refractivity contribution in [3.63, 3.8) is 0 Å². The molecular formula is C57H32N4OS. The summed E-state index contributed by atoms with van der Waals surface area (Å²) in [5.74, 6) is 1.84. The lowest BCUT2D eigenvalue weighted by Gasteiger charge is -2.14. The van der Waals surface area contributed by atoms with Crippen LogP contribution in [0.4, 0.5) is 0 Å². The van der Waals surface area contributed by atoms with E-state index in [-0.39, 0.29) is 0 Å². The normalized spacial score (nSPS) is 12.1. The molecule has 0 aliphatic carbocycles. The maximum absolute atomic E-state index is 6.73. The third kappa shape index (κ3) is 5.19. The number of furan rings is 1. The lowest BCUT2D eigenvalue weighted by molar-refractivity contribution is 0.669. The molecule has 0 saturated heterocycles. The zero-order valence-corrected chi connectivity index (χ0v) is 34.4. The summed E-state index contributed by atoms with van der Waals surface area (Å²) in [6, 6.07) is 69.2. The Morgan fingerprint density at radius 1 is 0.381 bits per heavy atom. The van der Waals surface area contributed by atoms with E-state index in [9.17, 15) is 0 Å². The van der Waals surface area contributed by atoms with E-state index >= 15 is 0 Å². The van der Waals surface area contributed by atoms with Crippen molar-refractivity contribution in [2.75, 3.05) is 0 Å². The van der Waals surface area contributed by atoms with Crippen LogP contribution in [0, 0.1) is 0 Å². The molecule has 0 unspecified atom stereocenters. The highest BCUT2D eigenvalue weighted by Crippen LogP contribution is 2.44.